The molecule has 0 aliphatic carbocycles. The molecule has 0 saturated heterocycles. The number of alkyl halides is 2. The van der Waals surface area contributed by atoms with E-state index in [1.807, 2.05) is 42.6 Å². The highest BCUT2D eigenvalue weighted by Gasteiger charge is 2.04. The molecule has 3 aromatic rings. The Kier molecular flexibility index (Phi) is 4.52. The van der Waals surface area contributed by atoms with E-state index in [0.29, 0.717) is 6.54 Å². The van der Waals surface area contributed by atoms with Crippen LogP contribution in [0.15, 0.2) is 66.9 Å². The normalized spacial score (nSPS) is 10.7. The van der Waals surface area contributed by atoms with Gasteiger partial charge in [0, 0.05) is 18.8 Å². The fourth-order valence-corrected chi connectivity index (χ4v) is 2.12. The van der Waals surface area contributed by atoms with Gasteiger partial charge in [0.25, 0.3) is 0 Å². The molecule has 1 aromatic heterocycles. The molecule has 1 N–H and O–H groups in total. The fraction of sp³-hybridized carbons (Fsp3) is 0.118. The molecule has 0 amide bonds. The van der Waals surface area contributed by atoms with Crippen LogP contribution in [-0.4, -0.2) is 16.4 Å². The van der Waals surface area contributed by atoms with Gasteiger partial charge in [-0.1, -0.05) is 30.3 Å². The van der Waals surface area contributed by atoms with Crippen molar-refractivity contribution in [2.45, 2.75) is 13.2 Å². The third-order valence-corrected chi connectivity index (χ3v) is 3.23. The van der Waals surface area contributed by atoms with Crippen LogP contribution in [0.1, 0.15) is 5.56 Å². The van der Waals surface area contributed by atoms with Gasteiger partial charge < -0.3 is 10.1 Å². The zero-order valence-corrected chi connectivity index (χ0v) is 12.2. The summed E-state index contributed by atoms with van der Waals surface area (Å²) in [6.45, 7) is -2.26. The van der Waals surface area contributed by atoms with Gasteiger partial charge in [-0.3, -0.25) is 0 Å². The quantitative estimate of drug-likeness (QED) is 0.745. The number of nitrogens with one attached hydrogen (secondary N) is 1. The number of halogens is 2. The first kappa shape index (κ1) is 15.0. The van der Waals surface area contributed by atoms with Crippen molar-refractivity contribution in [2.75, 3.05) is 5.32 Å². The molecule has 6 heteroatoms. The van der Waals surface area contributed by atoms with E-state index in [4.69, 9.17) is 0 Å². The lowest BCUT2D eigenvalue weighted by atomic mass is 10.2. The number of anilines is 1. The standard InChI is InChI=1S/C17H15F2N3O/c18-17(19)23-15-8-6-13(7-9-15)12-20-16-10-11-22(21-16)14-4-2-1-3-5-14/h1-11,17H,12H2,(H,20,21). The van der Waals surface area contributed by atoms with Gasteiger partial charge in [0.2, 0.25) is 0 Å². The second kappa shape index (κ2) is 6.91. The van der Waals surface area contributed by atoms with E-state index in [2.05, 4.69) is 15.2 Å². The van der Waals surface area contributed by atoms with Gasteiger partial charge in [0.05, 0.1) is 5.69 Å². The molecule has 0 atom stereocenters. The molecule has 118 valence electrons. The molecule has 3 rings (SSSR count). The molecule has 2 aromatic carbocycles. The van der Waals surface area contributed by atoms with Gasteiger partial charge in [-0.05, 0) is 29.8 Å². The maximum Gasteiger partial charge on any atom is 0.387 e. The second-order valence-electron chi connectivity index (χ2n) is 4.86. The number of rotatable bonds is 6. The van der Waals surface area contributed by atoms with Crippen LogP contribution in [0, 0.1) is 0 Å². The first-order chi connectivity index (χ1) is 11.2. The Morgan fingerprint density at radius 2 is 1.74 bits per heavy atom. The molecule has 0 unspecified atom stereocenters. The minimum absolute atomic E-state index is 0.150. The Labute approximate surface area is 132 Å². The molecule has 23 heavy (non-hydrogen) atoms. The van der Waals surface area contributed by atoms with Crippen LogP contribution in [0.3, 0.4) is 0 Å². The van der Waals surface area contributed by atoms with Crippen molar-refractivity contribution in [3.05, 3.63) is 72.4 Å². The SMILES string of the molecule is FC(F)Oc1ccc(CNc2ccn(-c3ccccc3)n2)cc1. The summed E-state index contributed by atoms with van der Waals surface area (Å²) in [5.74, 6) is 0.888. The molecule has 1 heterocycles. The monoisotopic (exact) mass is 315 g/mol. The van der Waals surface area contributed by atoms with Crippen molar-refractivity contribution in [2.24, 2.45) is 0 Å². The lowest BCUT2D eigenvalue weighted by molar-refractivity contribution is -0.0498. The molecule has 0 aliphatic rings. The maximum absolute atomic E-state index is 12.1. The summed E-state index contributed by atoms with van der Waals surface area (Å²) < 4.78 is 30.3. The molecule has 4 nitrogen and oxygen atoms in total. The Bertz CT molecular complexity index is 742. The average Bonchev–Trinajstić information content (AvgIpc) is 3.04. The van der Waals surface area contributed by atoms with Crippen molar-refractivity contribution < 1.29 is 13.5 Å². The average molecular weight is 315 g/mol. The smallest absolute Gasteiger partial charge is 0.387 e. The molecule has 0 aliphatic heterocycles. The zero-order chi connectivity index (χ0) is 16.1. The van der Waals surface area contributed by atoms with Crippen molar-refractivity contribution in [1.29, 1.82) is 0 Å². The van der Waals surface area contributed by atoms with Crippen molar-refractivity contribution in [3.8, 4) is 11.4 Å². The van der Waals surface area contributed by atoms with E-state index in [-0.39, 0.29) is 5.75 Å². The Balaban J connectivity index is 1.59. The number of aromatic nitrogens is 2. The summed E-state index contributed by atoms with van der Waals surface area (Å²) in [6.07, 6.45) is 1.87. The molecule has 0 bridgehead atoms. The minimum atomic E-state index is -2.80. The summed E-state index contributed by atoms with van der Waals surface area (Å²) >= 11 is 0. The fourth-order valence-electron chi connectivity index (χ4n) is 2.12. The Morgan fingerprint density at radius 3 is 2.43 bits per heavy atom. The second-order valence-corrected chi connectivity index (χ2v) is 4.86. The van der Waals surface area contributed by atoms with E-state index < -0.39 is 6.61 Å². The molecular formula is C17H15F2N3O. The number of hydrogen-bond donors (Lipinski definition) is 1. The van der Waals surface area contributed by atoms with Crippen LogP contribution in [0.2, 0.25) is 0 Å². The van der Waals surface area contributed by atoms with Crippen LogP contribution < -0.4 is 10.1 Å². The molecule has 0 radical (unpaired) electrons. The largest absolute Gasteiger partial charge is 0.435 e. The molecular weight excluding hydrogens is 300 g/mol. The third-order valence-electron chi connectivity index (χ3n) is 3.23. The minimum Gasteiger partial charge on any atom is -0.435 e. The number of hydrogen-bond acceptors (Lipinski definition) is 3. The van der Waals surface area contributed by atoms with Crippen molar-refractivity contribution in [1.82, 2.24) is 9.78 Å². The highest BCUT2D eigenvalue weighted by atomic mass is 19.3. The number of para-hydroxylation sites is 1. The first-order valence-electron chi connectivity index (χ1n) is 7.09. The van der Waals surface area contributed by atoms with Crippen molar-refractivity contribution in [3.63, 3.8) is 0 Å². The molecule has 0 spiro atoms. The predicted octanol–water partition coefficient (Wildman–Crippen LogP) is 4.09. The maximum atomic E-state index is 12.1. The van der Waals surface area contributed by atoms with Gasteiger partial charge in [0.15, 0.2) is 0 Å². The van der Waals surface area contributed by atoms with Gasteiger partial charge in [-0.2, -0.15) is 13.9 Å². The number of benzene rings is 2. The predicted molar refractivity (Wildman–Crippen MR) is 84.0 cm³/mol. The van der Waals surface area contributed by atoms with E-state index in [0.717, 1.165) is 17.1 Å². The summed E-state index contributed by atoms with van der Waals surface area (Å²) in [4.78, 5) is 0. The van der Waals surface area contributed by atoms with E-state index in [1.165, 1.54) is 12.1 Å². The number of nitrogens with zero attached hydrogens (tertiary/aromatic N) is 2. The van der Waals surface area contributed by atoms with E-state index in [9.17, 15) is 8.78 Å². The van der Waals surface area contributed by atoms with Crippen LogP contribution in [-0.2, 0) is 6.54 Å². The highest BCUT2D eigenvalue weighted by molar-refractivity contribution is 5.39. The van der Waals surface area contributed by atoms with Crippen LogP contribution in [0.25, 0.3) is 5.69 Å². The lowest BCUT2D eigenvalue weighted by Gasteiger charge is -2.06. The van der Waals surface area contributed by atoms with Gasteiger partial charge >= 0.3 is 6.61 Å². The first-order valence-corrected chi connectivity index (χ1v) is 7.09. The lowest BCUT2D eigenvalue weighted by Crippen LogP contribution is -2.03. The third kappa shape index (κ3) is 4.06. The summed E-state index contributed by atoms with van der Waals surface area (Å²) in [5.41, 5.74) is 1.93. The van der Waals surface area contributed by atoms with Gasteiger partial charge in [-0.25, -0.2) is 4.68 Å². The summed E-state index contributed by atoms with van der Waals surface area (Å²) in [7, 11) is 0. The van der Waals surface area contributed by atoms with E-state index in [1.54, 1.807) is 16.8 Å². The van der Waals surface area contributed by atoms with Crippen molar-refractivity contribution >= 4 is 5.82 Å². The number of ether oxygens (including phenoxy) is 1. The van der Waals surface area contributed by atoms with Crippen LogP contribution in [0.4, 0.5) is 14.6 Å². The Morgan fingerprint density at radius 1 is 1.00 bits per heavy atom. The van der Waals surface area contributed by atoms with Gasteiger partial charge in [-0.15, -0.1) is 0 Å². The summed E-state index contributed by atoms with van der Waals surface area (Å²) in [6, 6.07) is 18.2. The topological polar surface area (TPSA) is 39.1 Å². The van der Waals surface area contributed by atoms with Crippen LogP contribution >= 0.6 is 0 Å². The summed E-state index contributed by atoms with van der Waals surface area (Å²) in [5, 5.41) is 7.62. The molecule has 0 fully saturated rings. The van der Waals surface area contributed by atoms with E-state index >= 15 is 0 Å². The van der Waals surface area contributed by atoms with Crippen LogP contribution in [0.5, 0.6) is 5.75 Å². The Hall–Kier alpha value is -2.89. The molecule has 0 saturated carbocycles. The highest BCUT2D eigenvalue weighted by Crippen LogP contribution is 2.16. The van der Waals surface area contributed by atoms with Gasteiger partial charge in [0.1, 0.15) is 11.6 Å². The zero-order valence-electron chi connectivity index (χ0n) is 12.2.